The number of nitrogens with one attached hydrogen (secondary N) is 1. The highest BCUT2D eigenvalue weighted by molar-refractivity contribution is 5.88. The first-order chi connectivity index (χ1) is 20.9. The molecule has 5 heterocycles. The number of hydrogen-bond acceptors (Lipinski definition) is 7. The van der Waals surface area contributed by atoms with Gasteiger partial charge in [0, 0.05) is 42.4 Å². The number of benzene rings is 2. The van der Waals surface area contributed by atoms with Crippen LogP contribution in [0.5, 0.6) is 11.5 Å². The molecule has 0 spiro atoms. The summed E-state index contributed by atoms with van der Waals surface area (Å²) in [5.41, 5.74) is 4.61. The zero-order chi connectivity index (χ0) is 29.7. The summed E-state index contributed by atoms with van der Waals surface area (Å²) in [5, 5.41) is 3.15. The Morgan fingerprint density at radius 3 is 2.67 bits per heavy atom. The molecule has 2 fully saturated rings. The van der Waals surface area contributed by atoms with Gasteiger partial charge in [-0.15, -0.1) is 0 Å². The van der Waals surface area contributed by atoms with Crippen molar-refractivity contribution in [1.29, 1.82) is 0 Å². The van der Waals surface area contributed by atoms with Gasteiger partial charge < -0.3 is 19.5 Å². The predicted molar refractivity (Wildman–Crippen MR) is 163 cm³/mol. The molecule has 9 nitrogen and oxygen atoms in total. The van der Waals surface area contributed by atoms with Crippen LogP contribution in [0.15, 0.2) is 67.8 Å². The summed E-state index contributed by atoms with van der Waals surface area (Å²) in [6.07, 6.45) is 9.44. The van der Waals surface area contributed by atoms with E-state index in [0.717, 1.165) is 48.8 Å². The number of anilines is 2. The number of carbonyl (C=O) groups is 1. The monoisotopic (exact) mass is 577 g/mol. The molecule has 3 aromatic heterocycles. The van der Waals surface area contributed by atoms with Gasteiger partial charge in [0.05, 0.1) is 28.6 Å². The molecule has 2 saturated heterocycles. The van der Waals surface area contributed by atoms with Gasteiger partial charge in [-0.3, -0.25) is 4.79 Å². The smallest absolute Gasteiger partial charge is 0.246 e. The summed E-state index contributed by atoms with van der Waals surface area (Å²) in [5.74, 6) is 1.21. The Balaban J connectivity index is 1.15. The lowest BCUT2D eigenvalue weighted by Gasteiger charge is -2.48. The minimum atomic E-state index is -0.439. The van der Waals surface area contributed by atoms with E-state index in [1.54, 1.807) is 25.4 Å². The third kappa shape index (κ3) is 4.86. The average molecular weight is 578 g/mol. The summed E-state index contributed by atoms with van der Waals surface area (Å²) in [4.78, 5) is 32.8. The molecule has 1 N–H and O–H groups in total. The molecule has 2 aliphatic rings. The maximum atomic E-state index is 15.7. The Labute approximate surface area is 248 Å². The van der Waals surface area contributed by atoms with Crippen molar-refractivity contribution in [1.82, 2.24) is 29.4 Å². The summed E-state index contributed by atoms with van der Waals surface area (Å²) < 4.78 is 23.6. The number of imidazole rings is 1. The van der Waals surface area contributed by atoms with Gasteiger partial charge in [-0.2, -0.15) is 0 Å². The highest BCUT2D eigenvalue weighted by Crippen LogP contribution is 2.42. The molecule has 0 aliphatic carbocycles. The summed E-state index contributed by atoms with van der Waals surface area (Å²) in [7, 11) is 1.93. The maximum Gasteiger partial charge on any atom is 0.246 e. The van der Waals surface area contributed by atoms with Crippen LogP contribution in [0.3, 0.4) is 0 Å². The highest BCUT2D eigenvalue weighted by Gasteiger charge is 2.40. The number of aromatic nitrogens is 5. The van der Waals surface area contributed by atoms with Crippen molar-refractivity contribution in [2.45, 2.75) is 57.0 Å². The Morgan fingerprint density at radius 2 is 1.88 bits per heavy atom. The number of rotatable bonds is 6. The van der Waals surface area contributed by atoms with Gasteiger partial charge in [0.25, 0.3) is 0 Å². The van der Waals surface area contributed by atoms with Gasteiger partial charge in [0.1, 0.15) is 23.3 Å². The normalized spacial score (nSPS) is 19.9. The van der Waals surface area contributed by atoms with Gasteiger partial charge in [-0.05, 0) is 81.5 Å². The zero-order valence-corrected chi connectivity index (χ0v) is 24.1. The summed E-state index contributed by atoms with van der Waals surface area (Å²) in [6, 6.07) is 13.3. The fourth-order valence-corrected chi connectivity index (χ4v) is 6.67. The molecule has 0 saturated carbocycles. The van der Waals surface area contributed by atoms with E-state index in [2.05, 4.69) is 26.8 Å². The predicted octanol–water partition coefficient (Wildman–Crippen LogP) is 6.71. The number of aryl methyl sites for hydroxylation is 1. The van der Waals surface area contributed by atoms with Crippen LogP contribution in [0.2, 0.25) is 0 Å². The second kappa shape index (κ2) is 10.8. The van der Waals surface area contributed by atoms with E-state index >= 15 is 4.39 Å². The Hall–Kier alpha value is -4.86. The van der Waals surface area contributed by atoms with E-state index in [9.17, 15) is 4.79 Å². The molecule has 0 radical (unpaired) electrons. The molecule has 218 valence electrons. The second-order valence-corrected chi connectivity index (χ2v) is 11.5. The summed E-state index contributed by atoms with van der Waals surface area (Å²) in [6.45, 7) is 5.39. The highest BCUT2D eigenvalue weighted by atomic mass is 19.1. The minimum absolute atomic E-state index is 0.0162. The number of ether oxygens (including phenoxy) is 1. The fraction of sp³-hybridized carbons (Fsp3) is 0.303. The van der Waals surface area contributed by atoms with Crippen LogP contribution in [-0.4, -0.2) is 47.4 Å². The molecule has 2 aromatic carbocycles. The minimum Gasteiger partial charge on any atom is -0.457 e. The van der Waals surface area contributed by atoms with E-state index in [0.29, 0.717) is 33.9 Å². The Morgan fingerprint density at radius 1 is 1.07 bits per heavy atom. The molecular formula is C33H32FN7O2. The van der Waals surface area contributed by atoms with Gasteiger partial charge >= 0.3 is 0 Å². The molecule has 1 amide bonds. The third-order valence-corrected chi connectivity index (χ3v) is 8.84. The lowest BCUT2D eigenvalue weighted by molar-refractivity contribution is -0.135. The van der Waals surface area contributed by atoms with Crippen molar-refractivity contribution in [3.8, 4) is 11.5 Å². The van der Waals surface area contributed by atoms with Crippen LogP contribution in [0.1, 0.15) is 49.3 Å². The average Bonchev–Trinajstić information content (AvgIpc) is 3.39. The molecule has 2 atom stereocenters. The summed E-state index contributed by atoms with van der Waals surface area (Å²) >= 11 is 0. The maximum absolute atomic E-state index is 15.7. The van der Waals surface area contributed by atoms with Crippen LogP contribution in [0.4, 0.5) is 15.9 Å². The number of hydrogen-bond donors (Lipinski definition) is 1. The molecule has 7 rings (SSSR count). The van der Waals surface area contributed by atoms with Gasteiger partial charge in [0.15, 0.2) is 11.6 Å². The number of halogens is 1. The van der Waals surface area contributed by atoms with E-state index in [1.807, 2.05) is 46.8 Å². The number of fused-ring (bicyclic) bond motifs is 4. The van der Waals surface area contributed by atoms with Crippen molar-refractivity contribution in [3.05, 3.63) is 84.8 Å². The number of pyridine rings is 1. The molecule has 2 unspecified atom stereocenters. The van der Waals surface area contributed by atoms with Crippen LogP contribution < -0.4 is 10.1 Å². The molecule has 2 bridgehead atoms. The van der Waals surface area contributed by atoms with E-state index < -0.39 is 5.82 Å². The van der Waals surface area contributed by atoms with E-state index in [4.69, 9.17) is 9.72 Å². The number of amides is 1. The number of piperidine rings is 2. The number of nitrogens with zero attached hydrogens (tertiary/aromatic N) is 6. The second-order valence-electron chi connectivity index (χ2n) is 11.5. The third-order valence-electron chi connectivity index (χ3n) is 8.84. The van der Waals surface area contributed by atoms with Crippen LogP contribution in [0.25, 0.3) is 22.1 Å². The number of carbonyl (C=O) groups excluding carboxylic acids is 1. The van der Waals surface area contributed by atoms with Crippen molar-refractivity contribution in [2.75, 3.05) is 5.32 Å². The first kappa shape index (κ1) is 27.0. The molecule has 10 heteroatoms. The van der Waals surface area contributed by atoms with Gasteiger partial charge in [-0.25, -0.2) is 24.3 Å². The molecule has 43 heavy (non-hydrogen) atoms. The van der Waals surface area contributed by atoms with Crippen LogP contribution in [-0.2, 0) is 11.8 Å². The Kier molecular flexibility index (Phi) is 6.76. The van der Waals surface area contributed by atoms with Crippen molar-refractivity contribution in [2.24, 2.45) is 7.05 Å². The standard InChI is InChI=1S/C33H32FN7O2/c1-4-30(42)41-21-6-5-7-22(41)15-20(14-21)24-9-10-26-32(38-24)33(36-17-35-26)39-25-11-13-29(19(2)31(25)34)43-23-8-12-28-27(16-23)37-18-40(28)3/h4,8-13,16-18,20-22H,1,5-7,14-15H2,2-3H3,(H,35,36,39). The van der Waals surface area contributed by atoms with Crippen molar-refractivity contribution < 1.29 is 13.9 Å². The first-order valence-corrected chi connectivity index (χ1v) is 14.6. The van der Waals surface area contributed by atoms with Gasteiger partial charge in [0.2, 0.25) is 5.91 Å². The quantitative estimate of drug-likeness (QED) is 0.224. The Bertz CT molecular complexity index is 1870. The lowest BCUT2D eigenvalue weighted by Crippen LogP contribution is -2.53. The van der Waals surface area contributed by atoms with Crippen molar-refractivity contribution in [3.63, 3.8) is 0 Å². The zero-order valence-electron chi connectivity index (χ0n) is 24.1. The van der Waals surface area contributed by atoms with Gasteiger partial charge in [-0.1, -0.05) is 6.58 Å². The van der Waals surface area contributed by atoms with Crippen LogP contribution >= 0.6 is 0 Å². The fourth-order valence-electron chi connectivity index (χ4n) is 6.67. The molecule has 5 aromatic rings. The largest absolute Gasteiger partial charge is 0.457 e. The SMILES string of the molecule is C=CC(=O)N1C2CCCC1CC(c1ccc3ncnc(Nc4ccc(Oc5ccc6c(c5)ncn6C)c(C)c4F)c3n1)C2. The first-order valence-electron chi connectivity index (χ1n) is 14.6. The lowest BCUT2D eigenvalue weighted by atomic mass is 9.77. The van der Waals surface area contributed by atoms with E-state index in [-0.39, 0.29) is 29.6 Å². The molecular weight excluding hydrogens is 545 g/mol. The topological polar surface area (TPSA) is 98.1 Å². The van der Waals surface area contributed by atoms with E-state index in [1.165, 1.54) is 12.4 Å². The van der Waals surface area contributed by atoms with Crippen LogP contribution in [0, 0.1) is 12.7 Å². The van der Waals surface area contributed by atoms with Crippen molar-refractivity contribution >= 4 is 39.5 Å². The molecule has 2 aliphatic heterocycles.